The molecule has 0 bridgehead atoms. The molecule has 0 atom stereocenters. The average Bonchev–Trinajstić information content (AvgIpc) is 2.73. The number of esters is 1. The Morgan fingerprint density at radius 1 is 1.03 bits per heavy atom. The number of piperazine rings is 1. The highest BCUT2D eigenvalue weighted by atomic mass is 16.6. The Hall–Kier alpha value is -3.62. The number of nitro benzene ring substituents is 1. The van der Waals surface area contributed by atoms with Crippen molar-refractivity contribution in [2.24, 2.45) is 0 Å². The first kappa shape index (κ1) is 20.1. The van der Waals surface area contributed by atoms with Gasteiger partial charge in [-0.2, -0.15) is 0 Å². The van der Waals surface area contributed by atoms with Gasteiger partial charge in [-0.15, -0.1) is 0 Å². The Morgan fingerprint density at radius 3 is 2.24 bits per heavy atom. The molecule has 1 aliphatic heterocycles. The van der Waals surface area contributed by atoms with Gasteiger partial charge in [0.25, 0.3) is 0 Å². The van der Waals surface area contributed by atoms with Crippen LogP contribution in [0.15, 0.2) is 42.5 Å². The molecular formula is C20H21N3O6. The number of methoxy groups -OCH3 is 1. The van der Waals surface area contributed by atoms with Crippen LogP contribution in [0.1, 0.15) is 17.3 Å². The first-order valence-electron chi connectivity index (χ1n) is 9.04. The third kappa shape index (κ3) is 4.63. The number of ether oxygens (including phenoxy) is 2. The predicted octanol–water partition coefficient (Wildman–Crippen LogP) is 2.49. The molecule has 1 heterocycles. The molecule has 0 saturated carbocycles. The van der Waals surface area contributed by atoms with Crippen LogP contribution < -0.4 is 14.4 Å². The third-order valence-electron chi connectivity index (χ3n) is 4.75. The number of carbonyl (C=O) groups is 2. The van der Waals surface area contributed by atoms with E-state index in [0.717, 1.165) is 24.8 Å². The van der Waals surface area contributed by atoms with Gasteiger partial charge in [0.05, 0.1) is 17.6 Å². The number of amides is 1. The summed E-state index contributed by atoms with van der Waals surface area (Å²) in [7, 11) is 1.32. The zero-order valence-electron chi connectivity index (χ0n) is 16.2. The number of hydrogen-bond donors (Lipinski definition) is 0. The lowest BCUT2D eigenvalue weighted by molar-refractivity contribution is -0.385. The molecule has 1 saturated heterocycles. The fraction of sp³-hybridized carbons (Fsp3) is 0.300. The van der Waals surface area contributed by atoms with Crippen LogP contribution >= 0.6 is 0 Å². The van der Waals surface area contributed by atoms with Gasteiger partial charge in [0.2, 0.25) is 5.91 Å². The summed E-state index contributed by atoms with van der Waals surface area (Å²) in [6, 6.07) is 10.9. The lowest BCUT2D eigenvalue weighted by Gasteiger charge is -2.35. The fourth-order valence-electron chi connectivity index (χ4n) is 3.13. The van der Waals surface area contributed by atoms with Gasteiger partial charge in [0.15, 0.2) is 5.75 Å². The zero-order valence-corrected chi connectivity index (χ0v) is 16.2. The Balaban J connectivity index is 1.65. The van der Waals surface area contributed by atoms with Gasteiger partial charge in [-0.1, -0.05) is 0 Å². The van der Waals surface area contributed by atoms with Gasteiger partial charge >= 0.3 is 11.7 Å². The number of nitro groups is 1. The van der Waals surface area contributed by atoms with Crippen molar-refractivity contribution in [3.05, 3.63) is 58.1 Å². The molecule has 0 N–H and O–H groups in total. The van der Waals surface area contributed by atoms with Crippen molar-refractivity contribution < 1.29 is 24.0 Å². The predicted molar refractivity (Wildman–Crippen MR) is 106 cm³/mol. The number of rotatable bonds is 5. The van der Waals surface area contributed by atoms with Gasteiger partial charge in [-0.25, -0.2) is 4.79 Å². The summed E-state index contributed by atoms with van der Waals surface area (Å²) in [5.41, 5.74) is 0.719. The minimum absolute atomic E-state index is 0.0573. The second kappa shape index (κ2) is 8.59. The van der Waals surface area contributed by atoms with Crippen LogP contribution in [0.3, 0.4) is 0 Å². The summed E-state index contributed by atoms with van der Waals surface area (Å²) in [5.74, 6) is -0.218. The van der Waals surface area contributed by atoms with E-state index in [1.54, 1.807) is 24.0 Å². The molecule has 2 aromatic rings. The average molecular weight is 399 g/mol. The minimum atomic E-state index is -0.696. The quantitative estimate of drug-likeness (QED) is 0.329. The Bertz CT molecular complexity index is 920. The number of hydrogen-bond acceptors (Lipinski definition) is 7. The molecule has 1 amide bonds. The van der Waals surface area contributed by atoms with E-state index in [-0.39, 0.29) is 22.9 Å². The second-order valence-electron chi connectivity index (χ2n) is 6.52. The molecule has 0 aliphatic carbocycles. The highest BCUT2D eigenvalue weighted by Gasteiger charge is 2.20. The lowest BCUT2D eigenvalue weighted by Crippen LogP contribution is -2.48. The van der Waals surface area contributed by atoms with E-state index >= 15 is 0 Å². The molecule has 9 nitrogen and oxygen atoms in total. The standard InChI is InChI=1S/C20H21N3O6/c1-14(24)21-9-11-22(12-10-21)16-4-6-17(7-5-16)29-20(25)15-3-8-19(28-2)18(13-15)23(26)27/h3-8,13H,9-12H2,1-2H3. The van der Waals surface area contributed by atoms with E-state index in [0.29, 0.717) is 18.8 Å². The Kier molecular flexibility index (Phi) is 5.96. The van der Waals surface area contributed by atoms with Crippen LogP contribution in [0, 0.1) is 10.1 Å². The molecule has 1 aliphatic rings. The van der Waals surface area contributed by atoms with Crippen LogP contribution in [0.25, 0.3) is 0 Å². The molecule has 0 aromatic heterocycles. The monoisotopic (exact) mass is 399 g/mol. The van der Waals surface area contributed by atoms with Crippen molar-refractivity contribution in [2.45, 2.75) is 6.92 Å². The van der Waals surface area contributed by atoms with Gasteiger partial charge in [0.1, 0.15) is 5.75 Å². The molecule has 29 heavy (non-hydrogen) atoms. The molecule has 152 valence electrons. The van der Waals surface area contributed by atoms with Crippen LogP contribution in [0.2, 0.25) is 0 Å². The van der Waals surface area contributed by atoms with E-state index in [2.05, 4.69) is 4.90 Å². The summed E-state index contributed by atoms with van der Waals surface area (Å²) < 4.78 is 10.3. The highest BCUT2D eigenvalue weighted by Crippen LogP contribution is 2.28. The van der Waals surface area contributed by atoms with Gasteiger partial charge in [0, 0.05) is 44.9 Å². The number of carbonyl (C=O) groups excluding carboxylic acids is 2. The van der Waals surface area contributed by atoms with Gasteiger partial charge in [-0.3, -0.25) is 14.9 Å². The van der Waals surface area contributed by atoms with Crippen LogP contribution in [0.5, 0.6) is 11.5 Å². The van der Waals surface area contributed by atoms with Crippen molar-refractivity contribution in [1.29, 1.82) is 0 Å². The topological polar surface area (TPSA) is 102 Å². The maximum absolute atomic E-state index is 12.3. The molecule has 1 fully saturated rings. The van der Waals surface area contributed by atoms with E-state index in [1.165, 1.54) is 19.2 Å². The van der Waals surface area contributed by atoms with E-state index in [9.17, 15) is 19.7 Å². The van der Waals surface area contributed by atoms with E-state index in [4.69, 9.17) is 9.47 Å². The normalized spacial score (nSPS) is 13.7. The first-order chi connectivity index (χ1) is 13.9. The molecule has 9 heteroatoms. The first-order valence-corrected chi connectivity index (χ1v) is 9.04. The maximum Gasteiger partial charge on any atom is 0.343 e. The lowest BCUT2D eigenvalue weighted by atomic mass is 10.2. The summed E-state index contributed by atoms with van der Waals surface area (Å²) >= 11 is 0. The maximum atomic E-state index is 12.3. The van der Waals surface area contributed by atoms with Crippen molar-refractivity contribution in [3.63, 3.8) is 0 Å². The smallest absolute Gasteiger partial charge is 0.343 e. The molecule has 0 unspecified atom stereocenters. The van der Waals surface area contributed by atoms with E-state index in [1.807, 2.05) is 12.1 Å². The third-order valence-corrected chi connectivity index (χ3v) is 4.75. The van der Waals surface area contributed by atoms with Gasteiger partial charge in [-0.05, 0) is 36.4 Å². The molecule has 2 aromatic carbocycles. The summed E-state index contributed by atoms with van der Waals surface area (Å²) in [5, 5.41) is 11.1. The Labute approximate surface area is 167 Å². The van der Waals surface area contributed by atoms with Crippen molar-refractivity contribution >= 4 is 23.3 Å². The largest absolute Gasteiger partial charge is 0.490 e. The zero-order chi connectivity index (χ0) is 21.0. The van der Waals surface area contributed by atoms with Crippen molar-refractivity contribution in [2.75, 3.05) is 38.2 Å². The van der Waals surface area contributed by atoms with Crippen molar-refractivity contribution in [3.8, 4) is 11.5 Å². The molecular weight excluding hydrogens is 378 g/mol. The van der Waals surface area contributed by atoms with E-state index < -0.39 is 10.9 Å². The highest BCUT2D eigenvalue weighted by molar-refractivity contribution is 5.92. The van der Waals surface area contributed by atoms with Crippen molar-refractivity contribution in [1.82, 2.24) is 4.90 Å². The summed E-state index contributed by atoms with van der Waals surface area (Å²) in [6.07, 6.45) is 0. The molecule has 0 radical (unpaired) electrons. The Morgan fingerprint density at radius 2 is 1.69 bits per heavy atom. The van der Waals surface area contributed by atoms with Crippen LogP contribution in [-0.2, 0) is 4.79 Å². The second-order valence-corrected chi connectivity index (χ2v) is 6.52. The fourth-order valence-corrected chi connectivity index (χ4v) is 3.13. The van der Waals surface area contributed by atoms with Gasteiger partial charge < -0.3 is 19.3 Å². The van der Waals surface area contributed by atoms with Crippen LogP contribution in [0.4, 0.5) is 11.4 Å². The number of anilines is 1. The number of benzene rings is 2. The van der Waals surface area contributed by atoms with Crippen LogP contribution in [-0.4, -0.2) is 55.0 Å². The number of nitrogens with zero attached hydrogens (tertiary/aromatic N) is 3. The molecule has 3 rings (SSSR count). The summed E-state index contributed by atoms with van der Waals surface area (Å²) in [6.45, 7) is 4.36. The SMILES string of the molecule is COc1ccc(C(=O)Oc2ccc(N3CCN(C(C)=O)CC3)cc2)cc1[N+](=O)[O-]. The molecule has 0 spiro atoms. The summed E-state index contributed by atoms with van der Waals surface area (Å²) in [4.78, 5) is 38.2. The minimum Gasteiger partial charge on any atom is -0.490 e.